The summed E-state index contributed by atoms with van der Waals surface area (Å²) in [7, 11) is 0. The molecule has 1 atom stereocenters. The first-order valence-electron chi connectivity index (χ1n) is 7.38. The first-order valence-corrected chi connectivity index (χ1v) is 7.38. The van der Waals surface area contributed by atoms with Crippen molar-refractivity contribution >= 4 is 0 Å². The standard InChI is InChI=1S/C18H23NO2/c1-3-19-14(2)17-6-4-5-7-18(17)21-13-16-10-8-15(12-20)9-11-16/h4-11,14,19-20H,3,12-13H2,1-2H3. The number of aliphatic hydroxyl groups is 1. The molecule has 0 aliphatic rings. The predicted octanol–water partition coefficient (Wildman–Crippen LogP) is 3.43. The molecule has 1 unspecified atom stereocenters. The molecule has 0 heterocycles. The van der Waals surface area contributed by atoms with Crippen LogP contribution in [0.1, 0.15) is 36.6 Å². The van der Waals surface area contributed by atoms with E-state index in [0.717, 1.165) is 23.4 Å². The van der Waals surface area contributed by atoms with Crippen molar-refractivity contribution in [2.45, 2.75) is 33.1 Å². The predicted molar refractivity (Wildman–Crippen MR) is 85.2 cm³/mol. The van der Waals surface area contributed by atoms with Crippen molar-refractivity contribution in [3.8, 4) is 5.75 Å². The fraction of sp³-hybridized carbons (Fsp3) is 0.333. The molecule has 2 aromatic rings. The number of rotatable bonds is 7. The van der Waals surface area contributed by atoms with Crippen LogP contribution in [0.25, 0.3) is 0 Å². The maximum Gasteiger partial charge on any atom is 0.124 e. The molecule has 3 heteroatoms. The number of para-hydroxylation sites is 1. The highest BCUT2D eigenvalue weighted by atomic mass is 16.5. The molecule has 2 N–H and O–H groups in total. The average Bonchev–Trinajstić information content (AvgIpc) is 2.54. The molecule has 2 rings (SSSR count). The van der Waals surface area contributed by atoms with E-state index < -0.39 is 0 Å². The maximum absolute atomic E-state index is 9.05. The van der Waals surface area contributed by atoms with Crippen LogP contribution < -0.4 is 10.1 Å². The topological polar surface area (TPSA) is 41.5 Å². The van der Waals surface area contributed by atoms with Gasteiger partial charge in [-0.1, -0.05) is 49.4 Å². The van der Waals surface area contributed by atoms with Crippen LogP contribution in [0, 0.1) is 0 Å². The molecular weight excluding hydrogens is 262 g/mol. The average molecular weight is 285 g/mol. The van der Waals surface area contributed by atoms with Crippen molar-refractivity contribution in [1.82, 2.24) is 5.32 Å². The van der Waals surface area contributed by atoms with E-state index in [2.05, 4.69) is 25.2 Å². The Morgan fingerprint density at radius 3 is 2.38 bits per heavy atom. The normalized spacial score (nSPS) is 12.1. The Balaban J connectivity index is 2.05. The second-order valence-electron chi connectivity index (χ2n) is 5.08. The SMILES string of the molecule is CCNC(C)c1ccccc1OCc1ccc(CO)cc1. The number of aliphatic hydroxyl groups excluding tert-OH is 1. The summed E-state index contributed by atoms with van der Waals surface area (Å²) in [5, 5.41) is 12.5. The Morgan fingerprint density at radius 2 is 1.71 bits per heavy atom. The summed E-state index contributed by atoms with van der Waals surface area (Å²) >= 11 is 0. The second kappa shape index (κ2) is 7.81. The lowest BCUT2D eigenvalue weighted by molar-refractivity contribution is 0.281. The summed E-state index contributed by atoms with van der Waals surface area (Å²) in [5.74, 6) is 0.914. The van der Waals surface area contributed by atoms with Crippen LogP contribution in [-0.2, 0) is 13.2 Å². The van der Waals surface area contributed by atoms with Crippen LogP contribution in [0.3, 0.4) is 0 Å². The maximum atomic E-state index is 9.05. The Morgan fingerprint density at radius 1 is 1.05 bits per heavy atom. The minimum absolute atomic E-state index is 0.0736. The summed E-state index contributed by atoms with van der Waals surface area (Å²) in [6, 6.07) is 16.2. The number of hydrogen-bond donors (Lipinski definition) is 2. The van der Waals surface area contributed by atoms with Gasteiger partial charge in [-0.05, 0) is 30.7 Å². The van der Waals surface area contributed by atoms with E-state index in [1.54, 1.807) is 0 Å². The van der Waals surface area contributed by atoms with E-state index in [4.69, 9.17) is 9.84 Å². The van der Waals surface area contributed by atoms with Crippen molar-refractivity contribution in [3.63, 3.8) is 0 Å². The zero-order valence-electron chi connectivity index (χ0n) is 12.7. The van der Waals surface area contributed by atoms with Gasteiger partial charge in [-0.2, -0.15) is 0 Å². The van der Waals surface area contributed by atoms with Crippen LogP contribution in [0.5, 0.6) is 5.75 Å². The van der Waals surface area contributed by atoms with Crippen LogP contribution >= 0.6 is 0 Å². The van der Waals surface area contributed by atoms with Gasteiger partial charge in [-0.3, -0.25) is 0 Å². The minimum Gasteiger partial charge on any atom is -0.489 e. The summed E-state index contributed by atoms with van der Waals surface area (Å²) in [6.07, 6.45) is 0. The van der Waals surface area contributed by atoms with Gasteiger partial charge in [0.15, 0.2) is 0 Å². The molecule has 0 aliphatic carbocycles. The third kappa shape index (κ3) is 4.31. The number of benzene rings is 2. The minimum atomic E-state index is 0.0736. The molecule has 0 amide bonds. The van der Waals surface area contributed by atoms with Gasteiger partial charge in [-0.15, -0.1) is 0 Å². The van der Waals surface area contributed by atoms with E-state index in [9.17, 15) is 0 Å². The monoisotopic (exact) mass is 285 g/mol. The van der Waals surface area contributed by atoms with Crippen LogP contribution in [0.4, 0.5) is 0 Å². The lowest BCUT2D eigenvalue weighted by atomic mass is 10.1. The Kier molecular flexibility index (Phi) is 5.78. The fourth-order valence-electron chi connectivity index (χ4n) is 2.29. The summed E-state index contributed by atoms with van der Waals surface area (Å²) in [5.41, 5.74) is 3.18. The van der Waals surface area contributed by atoms with Crippen molar-refractivity contribution in [2.75, 3.05) is 6.54 Å². The van der Waals surface area contributed by atoms with Gasteiger partial charge < -0.3 is 15.2 Å². The van der Waals surface area contributed by atoms with Crippen molar-refractivity contribution in [3.05, 3.63) is 65.2 Å². The van der Waals surface area contributed by atoms with E-state index in [0.29, 0.717) is 6.61 Å². The quantitative estimate of drug-likeness (QED) is 0.819. The Bertz CT molecular complexity index is 551. The van der Waals surface area contributed by atoms with Crippen LogP contribution in [-0.4, -0.2) is 11.7 Å². The van der Waals surface area contributed by atoms with E-state index >= 15 is 0 Å². The third-order valence-electron chi connectivity index (χ3n) is 3.50. The molecule has 112 valence electrons. The first kappa shape index (κ1) is 15.5. The van der Waals surface area contributed by atoms with Crippen molar-refractivity contribution in [1.29, 1.82) is 0 Å². The van der Waals surface area contributed by atoms with Gasteiger partial charge >= 0.3 is 0 Å². The van der Waals surface area contributed by atoms with E-state index in [-0.39, 0.29) is 12.6 Å². The first-order chi connectivity index (χ1) is 10.2. The summed E-state index contributed by atoms with van der Waals surface area (Å²) in [4.78, 5) is 0. The largest absolute Gasteiger partial charge is 0.489 e. The molecule has 0 saturated carbocycles. The summed E-state index contributed by atoms with van der Waals surface area (Å²) in [6.45, 7) is 5.77. The lowest BCUT2D eigenvalue weighted by Gasteiger charge is -2.17. The number of hydrogen-bond acceptors (Lipinski definition) is 3. The van der Waals surface area contributed by atoms with Crippen molar-refractivity contribution < 1.29 is 9.84 Å². The van der Waals surface area contributed by atoms with Crippen LogP contribution in [0.15, 0.2) is 48.5 Å². The van der Waals surface area contributed by atoms with Gasteiger partial charge in [0.2, 0.25) is 0 Å². The van der Waals surface area contributed by atoms with Gasteiger partial charge in [0.05, 0.1) is 6.61 Å². The highest BCUT2D eigenvalue weighted by Gasteiger charge is 2.10. The zero-order valence-corrected chi connectivity index (χ0v) is 12.7. The second-order valence-corrected chi connectivity index (χ2v) is 5.08. The van der Waals surface area contributed by atoms with Gasteiger partial charge in [0.1, 0.15) is 12.4 Å². The number of ether oxygens (including phenoxy) is 1. The molecule has 0 aromatic heterocycles. The molecule has 3 nitrogen and oxygen atoms in total. The molecule has 0 saturated heterocycles. The molecule has 0 fully saturated rings. The Labute approximate surface area is 126 Å². The molecular formula is C18H23NO2. The molecule has 21 heavy (non-hydrogen) atoms. The van der Waals surface area contributed by atoms with Gasteiger partial charge in [0.25, 0.3) is 0 Å². The lowest BCUT2D eigenvalue weighted by Crippen LogP contribution is -2.18. The van der Waals surface area contributed by atoms with Gasteiger partial charge in [0, 0.05) is 11.6 Å². The molecule has 2 aromatic carbocycles. The van der Waals surface area contributed by atoms with E-state index in [1.807, 2.05) is 42.5 Å². The number of nitrogens with one attached hydrogen (secondary N) is 1. The highest BCUT2D eigenvalue weighted by molar-refractivity contribution is 5.36. The summed E-state index contributed by atoms with van der Waals surface area (Å²) < 4.78 is 5.96. The molecule has 0 aliphatic heterocycles. The van der Waals surface area contributed by atoms with E-state index in [1.165, 1.54) is 5.56 Å². The fourth-order valence-corrected chi connectivity index (χ4v) is 2.29. The molecule has 0 radical (unpaired) electrons. The molecule has 0 spiro atoms. The third-order valence-corrected chi connectivity index (χ3v) is 3.50. The van der Waals surface area contributed by atoms with Crippen molar-refractivity contribution in [2.24, 2.45) is 0 Å². The van der Waals surface area contributed by atoms with Crippen LogP contribution in [0.2, 0.25) is 0 Å². The van der Waals surface area contributed by atoms with Gasteiger partial charge in [-0.25, -0.2) is 0 Å². The Hall–Kier alpha value is -1.84. The highest BCUT2D eigenvalue weighted by Crippen LogP contribution is 2.25. The zero-order chi connectivity index (χ0) is 15.1. The molecule has 0 bridgehead atoms. The smallest absolute Gasteiger partial charge is 0.124 e.